The van der Waals surface area contributed by atoms with E-state index in [2.05, 4.69) is 0 Å². The van der Waals surface area contributed by atoms with Gasteiger partial charge in [-0.2, -0.15) is 5.01 Å². The molecular weight excluding hydrogens is 584 g/mol. The number of imide groups is 1. The molecule has 1 heterocycles. The number of nitrogens with zero attached hydrogens (tertiary/aromatic N) is 4. The van der Waals surface area contributed by atoms with Gasteiger partial charge in [0.1, 0.15) is 18.0 Å². The first kappa shape index (κ1) is 28.1. The number of rotatable bonds is 9. The van der Waals surface area contributed by atoms with Gasteiger partial charge in [-0.25, -0.2) is 5.01 Å². The number of ether oxygens (including phenoxy) is 1. The predicted octanol–water partition coefficient (Wildman–Crippen LogP) is 4.59. The van der Waals surface area contributed by atoms with Crippen LogP contribution in [0.2, 0.25) is 0 Å². The third-order valence-electron chi connectivity index (χ3n) is 9.19. The highest BCUT2D eigenvalue weighted by molar-refractivity contribution is 6.10. The Morgan fingerprint density at radius 1 is 0.733 bits per heavy atom. The lowest BCUT2D eigenvalue weighted by Gasteiger charge is -2.37. The van der Waals surface area contributed by atoms with E-state index in [4.69, 9.17) is 4.74 Å². The number of Topliss-reactive ketones (excluding diaryl/α,β-unsaturated/α-hetero) is 1. The summed E-state index contributed by atoms with van der Waals surface area (Å²) in [7, 11) is 0. The molecular formula is C32H24N4O9. The lowest BCUT2D eigenvalue weighted by Crippen LogP contribution is -2.52. The molecule has 13 heteroatoms. The van der Waals surface area contributed by atoms with Gasteiger partial charge in [-0.15, -0.1) is 0 Å². The van der Waals surface area contributed by atoms with Crippen molar-refractivity contribution >= 4 is 34.9 Å². The van der Waals surface area contributed by atoms with Crippen LogP contribution in [-0.4, -0.2) is 49.9 Å². The van der Waals surface area contributed by atoms with Gasteiger partial charge < -0.3 is 4.74 Å². The van der Waals surface area contributed by atoms with Crippen molar-refractivity contribution in [2.24, 2.45) is 35.5 Å². The molecule has 6 atom stereocenters. The molecule has 1 saturated heterocycles. The number of hydrogen-bond donors (Lipinski definition) is 0. The van der Waals surface area contributed by atoms with Crippen molar-refractivity contribution in [2.75, 3.05) is 6.54 Å². The number of carbonyl (C=O) groups is 4. The maximum absolute atomic E-state index is 13.8. The second-order valence-electron chi connectivity index (χ2n) is 11.6. The van der Waals surface area contributed by atoms with Gasteiger partial charge in [-0.1, -0.05) is 12.2 Å². The van der Waals surface area contributed by atoms with E-state index < -0.39 is 51.7 Å². The Kier molecular flexibility index (Phi) is 6.53. The van der Waals surface area contributed by atoms with E-state index in [1.165, 1.54) is 60.7 Å². The average Bonchev–Trinajstić information content (AvgIpc) is 3.83. The molecule has 3 aromatic rings. The minimum absolute atomic E-state index is 0.0281. The maximum Gasteiger partial charge on any atom is 0.273 e. The van der Waals surface area contributed by atoms with Crippen LogP contribution in [-0.2, 0) is 9.59 Å². The smallest absolute Gasteiger partial charge is 0.273 e. The Labute approximate surface area is 254 Å². The summed E-state index contributed by atoms with van der Waals surface area (Å²) >= 11 is 0. The fourth-order valence-corrected chi connectivity index (χ4v) is 7.00. The quantitative estimate of drug-likeness (QED) is 0.111. The number of nitro benzene ring substituents is 2. The molecule has 0 spiro atoms. The van der Waals surface area contributed by atoms with Gasteiger partial charge in [0, 0.05) is 35.4 Å². The largest absolute Gasteiger partial charge is 0.457 e. The van der Waals surface area contributed by atoms with Crippen LogP contribution in [0.1, 0.15) is 27.1 Å². The summed E-state index contributed by atoms with van der Waals surface area (Å²) < 4.78 is 5.70. The summed E-state index contributed by atoms with van der Waals surface area (Å²) in [6, 6.07) is 16.1. The van der Waals surface area contributed by atoms with Gasteiger partial charge in [0.05, 0.1) is 21.7 Å². The van der Waals surface area contributed by atoms with Crippen LogP contribution in [0, 0.1) is 55.7 Å². The Hall–Kier alpha value is -5.72. The van der Waals surface area contributed by atoms with Crippen LogP contribution < -0.4 is 4.74 Å². The normalized spacial score (nSPS) is 25.4. The number of allylic oxidation sites excluding steroid dienone is 2. The first-order valence-corrected chi connectivity index (χ1v) is 14.3. The van der Waals surface area contributed by atoms with Crippen molar-refractivity contribution < 1.29 is 33.8 Å². The van der Waals surface area contributed by atoms with Gasteiger partial charge in [0.25, 0.3) is 29.1 Å². The third kappa shape index (κ3) is 4.72. The van der Waals surface area contributed by atoms with E-state index in [1.54, 1.807) is 0 Å². The topological polar surface area (TPSA) is 170 Å². The first-order valence-electron chi connectivity index (χ1n) is 14.3. The number of ketones is 1. The molecule has 0 aromatic heterocycles. The molecule has 226 valence electrons. The molecule has 3 fully saturated rings. The van der Waals surface area contributed by atoms with E-state index >= 15 is 0 Å². The molecule has 2 saturated carbocycles. The maximum atomic E-state index is 13.8. The fourth-order valence-electron chi connectivity index (χ4n) is 7.00. The average molecular weight is 609 g/mol. The molecule has 3 aromatic carbocycles. The molecule has 4 aliphatic carbocycles. The minimum Gasteiger partial charge on any atom is -0.457 e. The third-order valence-corrected chi connectivity index (χ3v) is 9.19. The van der Waals surface area contributed by atoms with Gasteiger partial charge >= 0.3 is 0 Å². The van der Waals surface area contributed by atoms with Crippen LogP contribution in [0.5, 0.6) is 11.5 Å². The molecule has 1 aliphatic heterocycles. The predicted molar refractivity (Wildman–Crippen MR) is 155 cm³/mol. The summed E-state index contributed by atoms with van der Waals surface area (Å²) in [6.07, 6.45) is 4.97. The van der Waals surface area contributed by atoms with Gasteiger partial charge in [0.15, 0.2) is 5.78 Å². The number of non-ortho nitro benzene ring substituents is 2. The molecule has 0 radical (unpaired) electrons. The highest BCUT2D eigenvalue weighted by Crippen LogP contribution is 2.65. The van der Waals surface area contributed by atoms with Gasteiger partial charge in [-0.3, -0.25) is 39.4 Å². The van der Waals surface area contributed by atoms with Gasteiger partial charge in [-0.05, 0) is 78.6 Å². The number of nitro groups is 2. The Morgan fingerprint density at radius 3 is 1.67 bits per heavy atom. The second-order valence-corrected chi connectivity index (χ2v) is 11.6. The Bertz CT molecular complexity index is 1770. The van der Waals surface area contributed by atoms with Crippen molar-refractivity contribution in [2.45, 2.75) is 6.42 Å². The zero-order chi connectivity index (χ0) is 31.6. The number of carbonyl (C=O) groups excluding carboxylic acids is 4. The molecule has 8 rings (SSSR count). The van der Waals surface area contributed by atoms with E-state index in [9.17, 15) is 39.4 Å². The van der Waals surface area contributed by atoms with Crippen LogP contribution in [0.25, 0.3) is 0 Å². The standard InChI is InChI=1S/C32H24N4O9/c37-27(17-3-9-21(10-4-17)45-22-11-7-20(8-12-22)36(43)44)16-33(30(38)18-1-5-19(6-2-18)35(41)42)34-31(39)28-23-13-14-24(26-15-25(23)26)29(28)32(34)40/h1-14,23-26,28-29H,15-16H2/t23-,24-,25-,26+,28-,29+/m0/s1. The van der Waals surface area contributed by atoms with Crippen LogP contribution in [0.4, 0.5) is 11.4 Å². The molecule has 2 bridgehead atoms. The number of amides is 3. The number of benzene rings is 3. The van der Waals surface area contributed by atoms with Crippen molar-refractivity contribution in [1.82, 2.24) is 10.0 Å². The summed E-state index contributed by atoms with van der Waals surface area (Å²) in [5.41, 5.74) is -0.191. The number of hydrogen-bond acceptors (Lipinski definition) is 9. The SMILES string of the molecule is O=C(CN(C(=O)c1ccc([N+](=O)[O-])cc1)N1C(=O)[C@@H]2[C@H]3C=C[C@@H]([C@@H]4C[C@H]34)[C@@H]2C1=O)c1ccc(Oc2ccc([N+](=O)[O-])cc2)cc1. The highest BCUT2D eigenvalue weighted by atomic mass is 16.6. The molecule has 0 N–H and O–H groups in total. The minimum atomic E-state index is -0.817. The van der Waals surface area contributed by atoms with E-state index in [0.29, 0.717) is 23.3 Å². The Balaban J connectivity index is 1.14. The monoisotopic (exact) mass is 608 g/mol. The molecule has 5 aliphatic rings. The highest BCUT2D eigenvalue weighted by Gasteiger charge is 2.68. The van der Waals surface area contributed by atoms with Crippen molar-refractivity contribution in [3.05, 3.63) is 116 Å². The van der Waals surface area contributed by atoms with E-state index in [1.807, 2.05) is 12.2 Å². The van der Waals surface area contributed by atoms with Crippen molar-refractivity contribution in [3.63, 3.8) is 0 Å². The lowest BCUT2D eigenvalue weighted by atomic mass is 9.63. The van der Waals surface area contributed by atoms with Crippen molar-refractivity contribution in [3.8, 4) is 11.5 Å². The zero-order valence-electron chi connectivity index (χ0n) is 23.4. The number of hydrazine groups is 1. The van der Waals surface area contributed by atoms with Crippen molar-refractivity contribution in [1.29, 1.82) is 0 Å². The summed E-state index contributed by atoms with van der Waals surface area (Å²) in [6.45, 7) is -0.634. The molecule has 13 nitrogen and oxygen atoms in total. The molecule has 45 heavy (non-hydrogen) atoms. The second kappa shape index (κ2) is 10.5. The summed E-state index contributed by atoms with van der Waals surface area (Å²) in [5.74, 6) is -2.46. The summed E-state index contributed by atoms with van der Waals surface area (Å²) in [4.78, 5) is 75.9. The fraction of sp³-hybridized carbons (Fsp3) is 0.250. The first-order chi connectivity index (χ1) is 21.6. The van der Waals surface area contributed by atoms with E-state index in [-0.39, 0.29) is 34.3 Å². The van der Waals surface area contributed by atoms with Crippen LogP contribution >= 0.6 is 0 Å². The lowest BCUT2D eigenvalue weighted by molar-refractivity contribution is -0.385. The van der Waals surface area contributed by atoms with Crippen LogP contribution in [0.3, 0.4) is 0 Å². The summed E-state index contributed by atoms with van der Waals surface area (Å²) in [5, 5.41) is 23.7. The Morgan fingerprint density at radius 2 is 1.18 bits per heavy atom. The molecule has 0 unspecified atom stereocenters. The van der Waals surface area contributed by atoms with Gasteiger partial charge in [0.2, 0.25) is 0 Å². The molecule has 3 amide bonds. The zero-order valence-corrected chi connectivity index (χ0v) is 23.4. The van der Waals surface area contributed by atoms with E-state index in [0.717, 1.165) is 28.6 Å². The van der Waals surface area contributed by atoms with Crippen LogP contribution in [0.15, 0.2) is 84.9 Å².